The van der Waals surface area contributed by atoms with E-state index in [2.05, 4.69) is 34.5 Å². The van der Waals surface area contributed by atoms with E-state index in [-0.39, 0.29) is 6.10 Å². The van der Waals surface area contributed by atoms with E-state index in [1.807, 2.05) is 38.1 Å². The Hall–Kier alpha value is -2.08. The van der Waals surface area contributed by atoms with Crippen LogP contribution in [0.4, 0.5) is 0 Å². The molecule has 24 heavy (non-hydrogen) atoms. The van der Waals surface area contributed by atoms with Gasteiger partial charge < -0.3 is 15.4 Å². The first kappa shape index (κ1) is 18.3. The number of nitrogens with one attached hydrogen (secondary N) is 2. The number of aryl methyl sites for hydroxylation is 3. The predicted octanol–water partition coefficient (Wildman–Crippen LogP) is 3.20. The first-order chi connectivity index (χ1) is 11.5. The Morgan fingerprint density at radius 1 is 1.21 bits per heavy atom. The van der Waals surface area contributed by atoms with Crippen molar-refractivity contribution in [2.45, 2.75) is 40.3 Å². The molecular weight excluding hydrogens is 320 g/mol. The third-order valence-electron chi connectivity index (χ3n) is 3.62. The maximum absolute atomic E-state index is 5.89. The molecule has 1 heterocycles. The lowest BCUT2D eigenvalue weighted by Crippen LogP contribution is -2.41. The Morgan fingerprint density at radius 2 is 1.92 bits per heavy atom. The molecule has 0 saturated heterocycles. The molecule has 0 amide bonds. The zero-order chi connectivity index (χ0) is 17.5. The normalized spacial score (nSPS) is 12.8. The lowest BCUT2D eigenvalue weighted by atomic mass is 10.2. The minimum Gasteiger partial charge on any atom is -0.489 e. The van der Waals surface area contributed by atoms with Crippen molar-refractivity contribution >= 4 is 17.3 Å². The first-order valence-electron chi connectivity index (χ1n) is 8.08. The van der Waals surface area contributed by atoms with Crippen molar-refractivity contribution in [3.05, 3.63) is 45.4 Å². The van der Waals surface area contributed by atoms with Crippen molar-refractivity contribution in [3.8, 4) is 5.75 Å². The number of thiazole rings is 1. The third kappa shape index (κ3) is 5.53. The van der Waals surface area contributed by atoms with Gasteiger partial charge in [0.25, 0.3) is 0 Å². The fourth-order valence-electron chi connectivity index (χ4n) is 2.13. The number of nitrogens with zero attached hydrogens (tertiary/aromatic N) is 2. The second-order valence-corrected chi connectivity index (χ2v) is 7.09. The summed E-state index contributed by atoms with van der Waals surface area (Å²) in [5, 5.41) is 7.63. The quantitative estimate of drug-likeness (QED) is 0.623. The van der Waals surface area contributed by atoms with E-state index in [9.17, 15) is 0 Å². The lowest BCUT2D eigenvalue weighted by molar-refractivity contribution is 0.224. The number of hydrogen-bond acceptors (Lipinski definition) is 4. The minimum absolute atomic E-state index is 0.0376. The van der Waals surface area contributed by atoms with Crippen LogP contribution in [0.2, 0.25) is 0 Å². The van der Waals surface area contributed by atoms with Gasteiger partial charge in [0.05, 0.1) is 18.8 Å². The number of hydrogen-bond donors (Lipinski definition) is 2. The number of benzene rings is 1. The minimum atomic E-state index is 0.0376. The van der Waals surface area contributed by atoms with E-state index in [1.165, 1.54) is 10.4 Å². The van der Waals surface area contributed by atoms with Crippen LogP contribution in [0.25, 0.3) is 0 Å². The fraction of sp³-hybridized carbons (Fsp3) is 0.444. The van der Waals surface area contributed by atoms with Crippen molar-refractivity contribution in [2.24, 2.45) is 4.99 Å². The highest BCUT2D eigenvalue weighted by atomic mass is 32.1. The maximum atomic E-state index is 5.89. The molecular formula is C18H26N4OS. The molecule has 1 unspecified atom stereocenters. The Bertz CT molecular complexity index is 659. The third-order valence-corrected chi connectivity index (χ3v) is 4.69. The maximum Gasteiger partial charge on any atom is 0.191 e. The van der Waals surface area contributed by atoms with Crippen LogP contribution in [0.3, 0.4) is 0 Å². The summed E-state index contributed by atoms with van der Waals surface area (Å²) in [6.07, 6.45) is 0.0376. The number of ether oxygens (including phenoxy) is 1. The van der Waals surface area contributed by atoms with Crippen LogP contribution in [0.5, 0.6) is 5.75 Å². The summed E-state index contributed by atoms with van der Waals surface area (Å²) < 4.78 is 5.89. The molecule has 0 aliphatic rings. The summed E-state index contributed by atoms with van der Waals surface area (Å²) >= 11 is 1.71. The van der Waals surface area contributed by atoms with E-state index in [0.29, 0.717) is 13.1 Å². The topological polar surface area (TPSA) is 58.5 Å². The number of aromatic nitrogens is 1. The van der Waals surface area contributed by atoms with Crippen LogP contribution in [-0.4, -0.2) is 30.6 Å². The highest BCUT2D eigenvalue weighted by molar-refractivity contribution is 7.11. The monoisotopic (exact) mass is 346 g/mol. The van der Waals surface area contributed by atoms with Gasteiger partial charge in [-0.3, -0.25) is 4.99 Å². The smallest absolute Gasteiger partial charge is 0.191 e. The van der Waals surface area contributed by atoms with Gasteiger partial charge in [-0.15, -0.1) is 11.3 Å². The standard InChI is InChI=1S/C18H26N4OS/c1-12-6-8-16(9-7-12)23-13(2)10-20-18(19-5)21-11-17-22-14(3)15(4)24-17/h6-9,13H,10-11H2,1-5H3,(H2,19,20,21). The predicted molar refractivity (Wildman–Crippen MR) is 101 cm³/mol. The molecule has 0 radical (unpaired) electrons. The van der Waals surface area contributed by atoms with Gasteiger partial charge >= 0.3 is 0 Å². The highest BCUT2D eigenvalue weighted by Gasteiger charge is 2.07. The van der Waals surface area contributed by atoms with Crippen LogP contribution >= 0.6 is 11.3 Å². The Labute approximate surface area is 148 Å². The fourth-order valence-corrected chi connectivity index (χ4v) is 3.00. The van der Waals surface area contributed by atoms with E-state index in [1.54, 1.807) is 18.4 Å². The van der Waals surface area contributed by atoms with Gasteiger partial charge in [-0.1, -0.05) is 17.7 Å². The summed E-state index contributed by atoms with van der Waals surface area (Å²) in [5.41, 5.74) is 2.32. The number of guanidine groups is 1. The van der Waals surface area contributed by atoms with Gasteiger partial charge in [0, 0.05) is 11.9 Å². The molecule has 2 N–H and O–H groups in total. The summed E-state index contributed by atoms with van der Waals surface area (Å²) in [5.74, 6) is 1.63. The Kier molecular flexibility index (Phi) is 6.61. The van der Waals surface area contributed by atoms with Crippen LogP contribution < -0.4 is 15.4 Å². The molecule has 6 heteroatoms. The average Bonchev–Trinajstić information content (AvgIpc) is 2.88. The summed E-state index contributed by atoms with van der Waals surface area (Å²) in [6.45, 7) is 9.57. The van der Waals surface area contributed by atoms with Crippen molar-refractivity contribution < 1.29 is 4.74 Å². The van der Waals surface area contributed by atoms with Crippen molar-refractivity contribution in [1.29, 1.82) is 0 Å². The van der Waals surface area contributed by atoms with Gasteiger partial charge in [-0.2, -0.15) is 0 Å². The van der Waals surface area contributed by atoms with Gasteiger partial charge in [-0.25, -0.2) is 4.98 Å². The zero-order valence-electron chi connectivity index (χ0n) is 15.0. The molecule has 130 valence electrons. The SMILES string of the molecule is CN=C(NCc1nc(C)c(C)s1)NCC(C)Oc1ccc(C)cc1. The molecule has 1 atom stereocenters. The largest absolute Gasteiger partial charge is 0.489 e. The molecule has 1 aromatic carbocycles. The molecule has 0 aliphatic heterocycles. The van der Waals surface area contributed by atoms with E-state index in [4.69, 9.17) is 4.74 Å². The Morgan fingerprint density at radius 3 is 2.50 bits per heavy atom. The number of aliphatic imine (C=N–C) groups is 1. The molecule has 0 spiro atoms. The lowest BCUT2D eigenvalue weighted by Gasteiger charge is -2.17. The summed E-state index contributed by atoms with van der Waals surface area (Å²) in [4.78, 5) is 10.0. The van der Waals surface area contributed by atoms with Gasteiger partial charge in [0.1, 0.15) is 16.9 Å². The molecule has 0 bridgehead atoms. The van der Waals surface area contributed by atoms with Crippen LogP contribution in [0, 0.1) is 20.8 Å². The van der Waals surface area contributed by atoms with Crippen molar-refractivity contribution in [2.75, 3.05) is 13.6 Å². The first-order valence-corrected chi connectivity index (χ1v) is 8.90. The zero-order valence-corrected chi connectivity index (χ0v) is 15.8. The Balaban J connectivity index is 1.77. The molecule has 2 rings (SSSR count). The van der Waals surface area contributed by atoms with E-state index in [0.717, 1.165) is 22.4 Å². The van der Waals surface area contributed by atoms with Crippen molar-refractivity contribution in [3.63, 3.8) is 0 Å². The summed E-state index contributed by atoms with van der Waals surface area (Å²) in [6, 6.07) is 8.08. The average molecular weight is 347 g/mol. The van der Waals surface area contributed by atoms with E-state index >= 15 is 0 Å². The second kappa shape index (κ2) is 8.68. The molecule has 1 aromatic heterocycles. The number of rotatable bonds is 6. The van der Waals surface area contributed by atoms with Gasteiger partial charge in [0.15, 0.2) is 5.96 Å². The molecule has 5 nitrogen and oxygen atoms in total. The van der Waals surface area contributed by atoms with Gasteiger partial charge in [-0.05, 0) is 39.8 Å². The molecule has 2 aromatic rings. The molecule has 0 fully saturated rings. The van der Waals surface area contributed by atoms with Crippen LogP contribution in [0.15, 0.2) is 29.3 Å². The van der Waals surface area contributed by atoms with Crippen LogP contribution in [-0.2, 0) is 6.54 Å². The van der Waals surface area contributed by atoms with E-state index < -0.39 is 0 Å². The van der Waals surface area contributed by atoms with Gasteiger partial charge in [0.2, 0.25) is 0 Å². The molecule has 0 saturated carbocycles. The summed E-state index contributed by atoms with van der Waals surface area (Å²) in [7, 11) is 1.76. The molecule has 0 aliphatic carbocycles. The second-order valence-electron chi connectivity index (χ2n) is 5.80. The highest BCUT2D eigenvalue weighted by Crippen LogP contribution is 2.16. The van der Waals surface area contributed by atoms with Crippen molar-refractivity contribution in [1.82, 2.24) is 15.6 Å². The van der Waals surface area contributed by atoms with Crippen LogP contribution in [0.1, 0.15) is 28.1 Å².